The molecule has 3 aliphatic rings. The van der Waals surface area contributed by atoms with Gasteiger partial charge in [-0.25, -0.2) is 4.39 Å². The number of amides is 2. The van der Waals surface area contributed by atoms with Gasteiger partial charge in [-0.05, 0) is 43.0 Å². The van der Waals surface area contributed by atoms with E-state index in [9.17, 15) is 14.0 Å². The molecule has 7 heteroatoms. The zero-order valence-corrected chi connectivity index (χ0v) is 15.5. The third-order valence-corrected chi connectivity index (χ3v) is 5.36. The Morgan fingerprint density at radius 1 is 1.11 bits per heavy atom. The van der Waals surface area contributed by atoms with Gasteiger partial charge < -0.3 is 14.5 Å². The van der Waals surface area contributed by atoms with Crippen molar-refractivity contribution in [1.29, 1.82) is 0 Å². The summed E-state index contributed by atoms with van der Waals surface area (Å²) in [5, 5.41) is 0. The lowest BCUT2D eigenvalue weighted by Crippen LogP contribution is -2.49. The SMILES string of the molecule is O=C(c1ccccn1)N1C[C@H]2CC[C@@H](C1)N(C(=O)COc1cccc(F)c1)C2. The number of hydrogen-bond acceptors (Lipinski definition) is 4. The first-order valence-corrected chi connectivity index (χ1v) is 9.48. The second-order valence-corrected chi connectivity index (χ2v) is 7.31. The Balaban J connectivity index is 1.41. The second-order valence-electron chi connectivity index (χ2n) is 7.31. The Morgan fingerprint density at radius 3 is 2.79 bits per heavy atom. The first-order valence-electron chi connectivity index (χ1n) is 9.48. The van der Waals surface area contributed by atoms with E-state index < -0.39 is 5.82 Å². The highest BCUT2D eigenvalue weighted by Gasteiger charge is 2.39. The predicted octanol–water partition coefficient (Wildman–Crippen LogP) is 2.36. The Bertz CT molecular complexity index is 861. The van der Waals surface area contributed by atoms with Crippen molar-refractivity contribution in [3.63, 3.8) is 0 Å². The third-order valence-electron chi connectivity index (χ3n) is 5.36. The van der Waals surface area contributed by atoms with E-state index in [0.29, 0.717) is 31.1 Å². The van der Waals surface area contributed by atoms with Crippen molar-refractivity contribution in [3.8, 4) is 5.75 Å². The summed E-state index contributed by atoms with van der Waals surface area (Å²) in [6.07, 6.45) is 3.47. The Morgan fingerprint density at radius 2 is 2.00 bits per heavy atom. The van der Waals surface area contributed by atoms with Gasteiger partial charge in [-0.2, -0.15) is 0 Å². The highest BCUT2D eigenvalue weighted by molar-refractivity contribution is 5.92. The van der Waals surface area contributed by atoms with Crippen molar-refractivity contribution >= 4 is 11.8 Å². The lowest BCUT2D eigenvalue weighted by molar-refractivity contribution is -0.137. The maximum atomic E-state index is 13.3. The number of aromatic nitrogens is 1. The largest absolute Gasteiger partial charge is 0.484 e. The van der Waals surface area contributed by atoms with Crippen molar-refractivity contribution in [2.75, 3.05) is 26.2 Å². The van der Waals surface area contributed by atoms with Crippen LogP contribution in [0.15, 0.2) is 48.7 Å². The van der Waals surface area contributed by atoms with Crippen molar-refractivity contribution in [3.05, 3.63) is 60.2 Å². The molecule has 4 heterocycles. The Kier molecular flexibility index (Phi) is 5.23. The van der Waals surface area contributed by atoms with E-state index in [1.165, 1.54) is 12.1 Å². The molecule has 3 fully saturated rings. The molecule has 0 N–H and O–H groups in total. The van der Waals surface area contributed by atoms with E-state index in [0.717, 1.165) is 12.8 Å². The molecule has 1 aromatic carbocycles. The van der Waals surface area contributed by atoms with Crippen LogP contribution in [-0.2, 0) is 4.79 Å². The molecule has 1 aromatic heterocycles. The Labute approximate surface area is 162 Å². The molecule has 2 aromatic rings. The molecular formula is C21H22FN3O3. The van der Waals surface area contributed by atoms with Gasteiger partial charge in [0.15, 0.2) is 6.61 Å². The van der Waals surface area contributed by atoms with Gasteiger partial charge in [-0.15, -0.1) is 0 Å². The molecule has 146 valence electrons. The maximum absolute atomic E-state index is 13.3. The molecule has 2 bridgehead atoms. The molecule has 0 aliphatic carbocycles. The molecule has 3 saturated heterocycles. The van der Waals surface area contributed by atoms with Gasteiger partial charge in [0.25, 0.3) is 11.8 Å². The van der Waals surface area contributed by atoms with Crippen LogP contribution in [0.1, 0.15) is 23.3 Å². The van der Waals surface area contributed by atoms with E-state index in [4.69, 9.17) is 4.74 Å². The monoisotopic (exact) mass is 383 g/mol. The summed E-state index contributed by atoms with van der Waals surface area (Å²) in [5.74, 6) is -0.0545. The molecule has 0 unspecified atom stereocenters. The summed E-state index contributed by atoms with van der Waals surface area (Å²) in [6.45, 7) is 1.60. The number of pyridine rings is 1. The predicted molar refractivity (Wildman–Crippen MR) is 100 cm³/mol. The van der Waals surface area contributed by atoms with E-state index in [1.54, 1.807) is 36.5 Å². The van der Waals surface area contributed by atoms with Crippen LogP contribution in [0.3, 0.4) is 0 Å². The fraction of sp³-hybridized carbons (Fsp3) is 0.381. The van der Waals surface area contributed by atoms with Crippen LogP contribution in [0.25, 0.3) is 0 Å². The lowest BCUT2D eigenvalue weighted by Gasteiger charge is -2.36. The van der Waals surface area contributed by atoms with Gasteiger partial charge in [-0.1, -0.05) is 12.1 Å². The molecule has 5 rings (SSSR count). The van der Waals surface area contributed by atoms with Gasteiger partial charge in [0, 0.05) is 37.9 Å². The number of halogens is 1. The number of rotatable bonds is 4. The van der Waals surface area contributed by atoms with Crippen LogP contribution in [0.5, 0.6) is 5.75 Å². The maximum Gasteiger partial charge on any atom is 0.272 e. The number of nitrogens with zero attached hydrogens (tertiary/aromatic N) is 3. The average Bonchev–Trinajstić information content (AvgIpc) is 3.04. The number of fused-ring (bicyclic) bond motifs is 4. The molecule has 6 nitrogen and oxygen atoms in total. The molecule has 0 radical (unpaired) electrons. The minimum absolute atomic E-state index is 0.0324. The molecule has 2 atom stereocenters. The summed E-state index contributed by atoms with van der Waals surface area (Å²) in [6, 6.07) is 11.0. The number of piperidine rings is 1. The molecule has 3 aliphatic heterocycles. The van der Waals surface area contributed by atoms with Gasteiger partial charge in [0.1, 0.15) is 17.3 Å². The van der Waals surface area contributed by atoms with Crippen molar-refractivity contribution in [1.82, 2.24) is 14.8 Å². The van der Waals surface area contributed by atoms with Crippen LogP contribution in [0.4, 0.5) is 4.39 Å². The first kappa shape index (κ1) is 18.4. The zero-order valence-electron chi connectivity index (χ0n) is 15.5. The number of ether oxygens (including phenoxy) is 1. The lowest BCUT2D eigenvalue weighted by atomic mass is 9.95. The highest BCUT2D eigenvalue weighted by atomic mass is 19.1. The molecule has 0 saturated carbocycles. The summed E-state index contributed by atoms with van der Waals surface area (Å²) < 4.78 is 18.7. The van der Waals surface area contributed by atoms with Crippen LogP contribution >= 0.6 is 0 Å². The topological polar surface area (TPSA) is 62.7 Å². The van der Waals surface area contributed by atoms with Crippen LogP contribution in [0.2, 0.25) is 0 Å². The summed E-state index contributed by atoms with van der Waals surface area (Å²) in [5.41, 5.74) is 0.427. The molecule has 28 heavy (non-hydrogen) atoms. The van der Waals surface area contributed by atoms with Crippen molar-refractivity contribution in [2.45, 2.75) is 18.9 Å². The van der Waals surface area contributed by atoms with E-state index in [2.05, 4.69) is 4.98 Å². The zero-order chi connectivity index (χ0) is 19.5. The smallest absolute Gasteiger partial charge is 0.272 e. The van der Waals surface area contributed by atoms with E-state index in [-0.39, 0.29) is 30.4 Å². The number of hydrogen-bond donors (Lipinski definition) is 0. The number of carbonyl (C=O) groups is 2. The van der Waals surface area contributed by atoms with Gasteiger partial charge in [-0.3, -0.25) is 14.6 Å². The van der Waals surface area contributed by atoms with E-state index >= 15 is 0 Å². The fourth-order valence-electron chi connectivity index (χ4n) is 3.99. The van der Waals surface area contributed by atoms with Crippen molar-refractivity contribution in [2.24, 2.45) is 5.92 Å². The highest BCUT2D eigenvalue weighted by Crippen LogP contribution is 2.29. The minimum atomic E-state index is -0.401. The summed E-state index contributed by atoms with van der Waals surface area (Å²) >= 11 is 0. The second kappa shape index (κ2) is 7.96. The average molecular weight is 383 g/mol. The standard InChI is InChI=1S/C21H22FN3O3/c22-16-4-3-5-18(10-16)28-14-20(26)25-12-15-7-8-17(25)13-24(11-15)21(27)19-6-1-2-9-23-19/h1-6,9-10,15,17H,7-8,11-14H2/t15-,17+/m1/s1. The number of benzene rings is 1. The minimum Gasteiger partial charge on any atom is -0.484 e. The van der Waals surface area contributed by atoms with Gasteiger partial charge in [0.05, 0.1) is 0 Å². The third kappa shape index (κ3) is 3.98. The molecular weight excluding hydrogens is 361 g/mol. The Hall–Kier alpha value is -2.96. The van der Waals surface area contributed by atoms with Crippen molar-refractivity contribution < 1.29 is 18.7 Å². The number of carbonyl (C=O) groups excluding carboxylic acids is 2. The van der Waals surface area contributed by atoms with Crippen LogP contribution in [-0.4, -0.2) is 58.9 Å². The summed E-state index contributed by atoms with van der Waals surface area (Å²) in [7, 11) is 0. The normalized spacial score (nSPS) is 21.3. The molecule has 0 spiro atoms. The van der Waals surface area contributed by atoms with Gasteiger partial charge in [0.2, 0.25) is 0 Å². The van der Waals surface area contributed by atoms with Crippen LogP contribution < -0.4 is 4.74 Å². The summed E-state index contributed by atoms with van der Waals surface area (Å²) in [4.78, 5) is 33.3. The van der Waals surface area contributed by atoms with E-state index in [1.807, 2.05) is 9.80 Å². The molecule has 2 amide bonds. The van der Waals surface area contributed by atoms with Crippen LogP contribution in [0, 0.1) is 11.7 Å². The first-order chi connectivity index (χ1) is 13.6. The van der Waals surface area contributed by atoms with Gasteiger partial charge >= 0.3 is 0 Å². The quantitative estimate of drug-likeness (QED) is 0.813. The fourth-order valence-corrected chi connectivity index (χ4v) is 3.99.